The van der Waals surface area contributed by atoms with Crippen LogP contribution in [0.4, 0.5) is 0 Å². The molecule has 0 saturated heterocycles. The van der Waals surface area contributed by atoms with Gasteiger partial charge in [-0.25, -0.2) is 0 Å². The zero-order chi connectivity index (χ0) is 5.21. The lowest BCUT2D eigenvalue weighted by atomic mass is 10.6. The second kappa shape index (κ2) is 1.53. The van der Waals surface area contributed by atoms with Crippen LogP contribution < -0.4 is 5.48 Å². The van der Waals surface area contributed by atoms with Crippen LogP contribution in [0.1, 0.15) is 6.92 Å². The third-order valence-electron chi connectivity index (χ3n) is 0.212. The van der Waals surface area contributed by atoms with E-state index in [-0.39, 0.29) is 0 Å². The number of rotatable bonds is 1. The fourth-order valence-electron chi connectivity index (χ4n) is 0. The van der Waals surface area contributed by atoms with Gasteiger partial charge >= 0.3 is 0 Å². The molecular formula is C2H7NO3. The SMILES string of the molecule is CC(O)(O)NO. The summed E-state index contributed by atoms with van der Waals surface area (Å²) in [6.07, 6.45) is 0. The van der Waals surface area contributed by atoms with Gasteiger partial charge in [0.15, 0.2) is 0 Å². The minimum absolute atomic E-state index is 0.993. The summed E-state index contributed by atoms with van der Waals surface area (Å²) >= 11 is 0. The number of hydroxylamine groups is 1. The lowest BCUT2D eigenvalue weighted by molar-refractivity contribution is -0.226. The van der Waals surface area contributed by atoms with Crippen LogP contribution in [0.25, 0.3) is 0 Å². The van der Waals surface area contributed by atoms with E-state index >= 15 is 0 Å². The number of hydrogen-bond donors (Lipinski definition) is 4. The van der Waals surface area contributed by atoms with Gasteiger partial charge in [0.2, 0.25) is 5.91 Å². The van der Waals surface area contributed by atoms with Crippen LogP contribution in [-0.2, 0) is 0 Å². The van der Waals surface area contributed by atoms with Crippen molar-refractivity contribution in [3.05, 3.63) is 0 Å². The Balaban J connectivity index is 3.17. The van der Waals surface area contributed by atoms with Crippen LogP contribution in [0.5, 0.6) is 0 Å². The van der Waals surface area contributed by atoms with Crippen LogP contribution in [0.2, 0.25) is 0 Å². The van der Waals surface area contributed by atoms with E-state index in [2.05, 4.69) is 0 Å². The van der Waals surface area contributed by atoms with Crippen LogP contribution in [0.3, 0.4) is 0 Å². The minimum Gasteiger partial charge on any atom is -0.352 e. The third kappa shape index (κ3) is 3.84. The molecule has 0 aromatic carbocycles. The Morgan fingerprint density at radius 2 is 1.67 bits per heavy atom. The molecule has 0 amide bonds. The van der Waals surface area contributed by atoms with Gasteiger partial charge in [0.05, 0.1) is 0 Å². The Bertz CT molecular complexity index is 38.5. The van der Waals surface area contributed by atoms with E-state index in [1.165, 1.54) is 5.48 Å². The summed E-state index contributed by atoms with van der Waals surface area (Å²) < 4.78 is 0. The van der Waals surface area contributed by atoms with Crippen molar-refractivity contribution in [2.45, 2.75) is 12.8 Å². The maximum atomic E-state index is 8.02. The fourth-order valence-corrected chi connectivity index (χ4v) is 0. The highest BCUT2D eigenvalue weighted by molar-refractivity contribution is 4.36. The molecule has 0 aliphatic heterocycles. The summed E-state index contributed by atoms with van der Waals surface area (Å²) in [6.45, 7) is 0.993. The molecule has 4 heteroatoms. The van der Waals surface area contributed by atoms with E-state index in [0.717, 1.165) is 6.92 Å². The first-order chi connectivity index (χ1) is 2.56. The normalized spacial score (nSPS) is 12.0. The van der Waals surface area contributed by atoms with Gasteiger partial charge in [0, 0.05) is 6.92 Å². The number of aliphatic hydroxyl groups is 2. The summed E-state index contributed by atoms with van der Waals surface area (Å²) in [5, 5.41) is 23.7. The topological polar surface area (TPSA) is 72.7 Å². The van der Waals surface area contributed by atoms with Crippen molar-refractivity contribution in [2.24, 2.45) is 0 Å². The smallest absolute Gasteiger partial charge is 0.241 e. The Morgan fingerprint density at radius 1 is 1.50 bits per heavy atom. The van der Waals surface area contributed by atoms with Gasteiger partial charge in [0.25, 0.3) is 0 Å². The van der Waals surface area contributed by atoms with Crippen LogP contribution >= 0.6 is 0 Å². The average molecular weight is 93.1 g/mol. The molecule has 6 heavy (non-hydrogen) atoms. The number of hydrogen-bond acceptors (Lipinski definition) is 4. The maximum Gasteiger partial charge on any atom is 0.241 e. The highest BCUT2D eigenvalue weighted by Crippen LogP contribution is 1.83. The quantitative estimate of drug-likeness (QED) is 0.238. The monoisotopic (exact) mass is 93.0 g/mol. The second-order valence-electron chi connectivity index (χ2n) is 1.13. The molecule has 4 nitrogen and oxygen atoms in total. The van der Waals surface area contributed by atoms with E-state index in [1.807, 2.05) is 0 Å². The molecule has 0 fully saturated rings. The molecule has 4 N–H and O–H groups in total. The first-order valence-corrected chi connectivity index (χ1v) is 1.42. The van der Waals surface area contributed by atoms with Gasteiger partial charge in [-0.05, 0) is 0 Å². The molecule has 0 aromatic rings. The van der Waals surface area contributed by atoms with Gasteiger partial charge in [-0.3, -0.25) is 0 Å². The Hall–Kier alpha value is -0.160. The van der Waals surface area contributed by atoms with Crippen molar-refractivity contribution in [3.8, 4) is 0 Å². The number of nitrogens with one attached hydrogen (secondary N) is 1. The van der Waals surface area contributed by atoms with Crippen molar-refractivity contribution in [1.82, 2.24) is 5.48 Å². The summed E-state index contributed by atoms with van der Waals surface area (Å²) in [5.74, 6) is -2.15. The third-order valence-corrected chi connectivity index (χ3v) is 0.212. The summed E-state index contributed by atoms with van der Waals surface area (Å²) in [7, 11) is 0. The Morgan fingerprint density at radius 3 is 1.67 bits per heavy atom. The van der Waals surface area contributed by atoms with E-state index in [9.17, 15) is 0 Å². The molecule has 0 spiro atoms. The van der Waals surface area contributed by atoms with E-state index in [0.29, 0.717) is 0 Å². The molecule has 0 bridgehead atoms. The molecular weight excluding hydrogens is 86.0 g/mol. The van der Waals surface area contributed by atoms with Gasteiger partial charge in [-0.15, -0.1) is 0 Å². The molecule has 0 aliphatic rings. The summed E-state index contributed by atoms with van der Waals surface area (Å²) in [5.41, 5.74) is 1.22. The lowest BCUT2D eigenvalue weighted by Gasteiger charge is -2.10. The van der Waals surface area contributed by atoms with Gasteiger partial charge in [-0.1, -0.05) is 0 Å². The summed E-state index contributed by atoms with van der Waals surface area (Å²) in [4.78, 5) is 0. The zero-order valence-electron chi connectivity index (χ0n) is 3.34. The van der Waals surface area contributed by atoms with E-state index in [4.69, 9.17) is 15.4 Å². The molecule has 0 aromatic heterocycles. The standard InChI is InChI=1S/C2H7NO3/c1-2(4,5)3-6/h3-6H,1H3. The molecule has 0 rings (SSSR count). The van der Waals surface area contributed by atoms with Gasteiger partial charge in [0.1, 0.15) is 0 Å². The van der Waals surface area contributed by atoms with E-state index < -0.39 is 5.91 Å². The molecule has 0 aliphatic carbocycles. The van der Waals surface area contributed by atoms with Gasteiger partial charge in [-0.2, -0.15) is 5.48 Å². The first kappa shape index (κ1) is 5.84. The van der Waals surface area contributed by atoms with Crippen molar-refractivity contribution in [1.29, 1.82) is 0 Å². The predicted molar refractivity (Wildman–Crippen MR) is 17.8 cm³/mol. The summed E-state index contributed by atoms with van der Waals surface area (Å²) in [6, 6.07) is 0. The lowest BCUT2D eigenvalue weighted by Crippen LogP contribution is -2.39. The molecule has 0 heterocycles. The van der Waals surface area contributed by atoms with Crippen molar-refractivity contribution < 1.29 is 15.4 Å². The molecule has 0 saturated carbocycles. The molecule has 38 valence electrons. The highest BCUT2D eigenvalue weighted by atomic mass is 16.6. The van der Waals surface area contributed by atoms with Crippen LogP contribution in [-0.4, -0.2) is 21.3 Å². The van der Waals surface area contributed by atoms with Gasteiger partial charge < -0.3 is 15.4 Å². The fraction of sp³-hybridized carbons (Fsp3) is 1.00. The van der Waals surface area contributed by atoms with Crippen molar-refractivity contribution >= 4 is 0 Å². The highest BCUT2D eigenvalue weighted by Gasteiger charge is 2.09. The van der Waals surface area contributed by atoms with Crippen molar-refractivity contribution in [2.75, 3.05) is 0 Å². The van der Waals surface area contributed by atoms with Crippen LogP contribution in [0, 0.1) is 0 Å². The molecule has 0 atom stereocenters. The predicted octanol–water partition coefficient (Wildman–Crippen LogP) is -1.38. The largest absolute Gasteiger partial charge is 0.352 e. The zero-order valence-corrected chi connectivity index (χ0v) is 3.34. The second-order valence-corrected chi connectivity index (χ2v) is 1.13. The van der Waals surface area contributed by atoms with E-state index in [1.54, 1.807) is 0 Å². The maximum absolute atomic E-state index is 8.02. The van der Waals surface area contributed by atoms with Crippen LogP contribution in [0.15, 0.2) is 0 Å². The Labute approximate surface area is 35.0 Å². The molecule has 0 radical (unpaired) electrons. The molecule has 0 unspecified atom stereocenters. The first-order valence-electron chi connectivity index (χ1n) is 1.42. The minimum atomic E-state index is -2.15. The van der Waals surface area contributed by atoms with Crippen molar-refractivity contribution in [3.63, 3.8) is 0 Å². The Kier molecular flexibility index (Phi) is 1.48. The average Bonchev–Trinajstić information content (AvgIpc) is 1.35.